The monoisotopic (exact) mass is 606 g/mol. The van der Waals surface area contributed by atoms with Crippen molar-refractivity contribution in [1.29, 1.82) is 0 Å². The Morgan fingerprint density at radius 3 is 1.94 bits per heavy atom. The molecule has 2 saturated carbocycles. The van der Waals surface area contributed by atoms with Crippen LogP contribution in [0.2, 0.25) is 5.02 Å². The standard InChI is InChI=1S/C25H21Br2ClN2O4/c1-12-2-4-13(5-3-12)18(31)11-29(23(32)14-6-8-15(28)9-7-14)30-24(33)19-16-10-17(20(19)25(30)34)22(27)21(16)26/h2-9,16-17,19-22H,10-11H2,1H3/t16-,17-,19-,20-,21+,22+/m1/s1. The normalized spacial score (nSPS) is 29.5. The third-order valence-corrected chi connectivity index (χ3v) is 10.7. The molecule has 6 atom stereocenters. The fourth-order valence-electron chi connectivity index (χ4n) is 5.51. The Bertz CT molecular complexity index is 1150. The van der Waals surface area contributed by atoms with Crippen LogP contribution in [-0.4, -0.2) is 49.7 Å². The Hall–Kier alpha value is -2.03. The first-order valence-corrected chi connectivity index (χ1v) is 13.2. The quantitative estimate of drug-likeness (QED) is 0.281. The Morgan fingerprint density at radius 1 is 0.912 bits per heavy atom. The van der Waals surface area contributed by atoms with E-state index in [9.17, 15) is 19.2 Å². The van der Waals surface area contributed by atoms with Crippen LogP contribution < -0.4 is 0 Å². The zero-order valence-electron chi connectivity index (χ0n) is 18.2. The number of Topliss-reactive ketones (excluding diaryl/α,β-unsaturated/α-hetero) is 1. The molecule has 2 aromatic rings. The van der Waals surface area contributed by atoms with Gasteiger partial charge in [-0.05, 0) is 49.4 Å². The summed E-state index contributed by atoms with van der Waals surface area (Å²) in [5.74, 6) is -2.77. The number of amides is 3. The van der Waals surface area contributed by atoms with Gasteiger partial charge in [0.05, 0.1) is 11.8 Å². The molecule has 2 aromatic carbocycles. The Balaban J connectivity index is 1.50. The number of hydrogen-bond acceptors (Lipinski definition) is 4. The average Bonchev–Trinajstić information content (AvgIpc) is 3.43. The molecule has 1 heterocycles. The van der Waals surface area contributed by atoms with E-state index in [-0.39, 0.29) is 32.8 Å². The van der Waals surface area contributed by atoms with Gasteiger partial charge in [0.2, 0.25) is 0 Å². The second kappa shape index (κ2) is 8.88. The van der Waals surface area contributed by atoms with Crippen LogP contribution in [-0.2, 0) is 9.59 Å². The third-order valence-electron chi connectivity index (χ3n) is 7.20. The van der Waals surface area contributed by atoms with Crippen molar-refractivity contribution in [1.82, 2.24) is 10.0 Å². The zero-order chi connectivity index (χ0) is 24.3. The highest BCUT2D eigenvalue weighted by atomic mass is 79.9. The van der Waals surface area contributed by atoms with Gasteiger partial charge in [-0.2, -0.15) is 5.01 Å². The fourth-order valence-corrected chi connectivity index (χ4v) is 7.51. The summed E-state index contributed by atoms with van der Waals surface area (Å²) in [5.41, 5.74) is 1.63. The Labute approximate surface area is 218 Å². The highest BCUT2D eigenvalue weighted by molar-refractivity contribution is 9.12. The van der Waals surface area contributed by atoms with Crippen LogP contribution in [0.1, 0.15) is 32.7 Å². The van der Waals surface area contributed by atoms with Gasteiger partial charge in [-0.3, -0.25) is 19.2 Å². The van der Waals surface area contributed by atoms with Gasteiger partial charge in [0.15, 0.2) is 5.78 Å². The second-order valence-corrected chi connectivity index (χ2v) is 11.7. The van der Waals surface area contributed by atoms with Crippen molar-refractivity contribution < 1.29 is 19.2 Å². The molecule has 6 nitrogen and oxygen atoms in total. The summed E-state index contributed by atoms with van der Waals surface area (Å²) >= 11 is 13.3. The molecular formula is C25H21Br2ClN2O4. The molecule has 2 aliphatic carbocycles. The lowest BCUT2D eigenvalue weighted by Gasteiger charge is -2.31. The van der Waals surface area contributed by atoms with Crippen molar-refractivity contribution in [2.24, 2.45) is 23.7 Å². The zero-order valence-corrected chi connectivity index (χ0v) is 22.1. The molecule has 3 aliphatic rings. The first-order valence-electron chi connectivity index (χ1n) is 11.0. The van der Waals surface area contributed by atoms with Crippen LogP contribution in [0, 0.1) is 30.6 Å². The minimum absolute atomic E-state index is 0.00103. The van der Waals surface area contributed by atoms with Crippen molar-refractivity contribution in [3.8, 4) is 0 Å². The summed E-state index contributed by atoms with van der Waals surface area (Å²) in [4.78, 5) is 54.0. The van der Waals surface area contributed by atoms with Crippen LogP contribution in [0.4, 0.5) is 0 Å². The SMILES string of the molecule is Cc1ccc(C(=O)CN(C(=O)c2ccc(Cl)cc2)N2C(=O)[C@@H]3[C@H]4C[C@@H]([C@H](Br)[C@H]4Br)[C@H]3C2=O)cc1. The van der Waals surface area contributed by atoms with Gasteiger partial charge in [0, 0.05) is 25.8 Å². The van der Waals surface area contributed by atoms with Crippen LogP contribution in [0.3, 0.4) is 0 Å². The van der Waals surface area contributed by atoms with Gasteiger partial charge in [-0.25, -0.2) is 5.01 Å². The van der Waals surface area contributed by atoms with Gasteiger partial charge in [0.25, 0.3) is 17.7 Å². The van der Waals surface area contributed by atoms with Gasteiger partial charge in [0.1, 0.15) is 6.54 Å². The summed E-state index contributed by atoms with van der Waals surface area (Å²) in [7, 11) is 0. The lowest BCUT2D eigenvalue weighted by atomic mass is 9.81. The Kier molecular flexibility index (Phi) is 6.19. The molecule has 0 spiro atoms. The number of nitrogens with zero attached hydrogens (tertiary/aromatic N) is 2. The van der Waals surface area contributed by atoms with Gasteiger partial charge < -0.3 is 0 Å². The highest BCUT2D eigenvalue weighted by Gasteiger charge is 2.67. The molecule has 0 radical (unpaired) electrons. The smallest absolute Gasteiger partial charge is 0.273 e. The molecule has 2 bridgehead atoms. The number of fused-ring (bicyclic) bond motifs is 5. The van der Waals surface area contributed by atoms with Crippen molar-refractivity contribution in [3.05, 3.63) is 70.2 Å². The molecule has 3 fully saturated rings. The topological polar surface area (TPSA) is 74.8 Å². The predicted molar refractivity (Wildman–Crippen MR) is 134 cm³/mol. The molecule has 176 valence electrons. The largest absolute Gasteiger partial charge is 0.292 e. The van der Waals surface area contributed by atoms with Gasteiger partial charge in [-0.1, -0.05) is 73.3 Å². The fraction of sp³-hybridized carbons (Fsp3) is 0.360. The average molecular weight is 609 g/mol. The molecule has 0 N–H and O–H groups in total. The second-order valence-electron chi connectivity index (χ2n) is 9.15. The summed E-state index contributed by atoms with van der Waals surface area (Å²) < 4.78 is 0. The molecular weight excluding hydrogens is 588 g/mol. The number of rotatable bonds is 5. The van der Waals surface area contributed by atoms with Crippen molar-refractivity contribution >= 4 is 67.0 Å². The minimum atomic E-state index is -0.600. The molecule has 3 amide bonds. The van der Waals surface area contributed by atoms with Crippen LogP contribution >= 0.6 is 43.5 Å². The number of alkyl halides is 2. The summed E-state index contributed by atoms with van der Waals surface area (Å²) in [6, 6.07) is 13.1. The molecule has 0 unspecified atom stereocenters. The molecule has 1 saturated heterocycles. The van der Waals surface area contributed by atoms with E-state index in [0.717, 1.165) is 22.0 Å². The van der Waals surface area contributed by atoms with Gasteiger partial charge >= 0.3 is 0 Å². The first-order chi connectivity index (χ1) is 16.2. The predicted octanol–water partition coefficient (Wildman–Crippen LogP) is 4.67. The maximum absolute atomic E-state index is 13.6. The number of carbonyl (C=O) groups is 4. The summed E-state index contributed by atoms with van der Waals surface area (Å²) in [6.07, 6.45) is 0.778. The van der Waals surface area contributed by atoms with E-state index in [1.165, 1.54) is 12.1 Å². The van der Waals surface area contributed by atoms with E-state index in [0.29, 0.717) is 10.6 Å². The molecule has 5 rings (SSSR count). The van der Waals surface area contributed by atoms with E-state index < -0.39 is 36.1 Å². The number of benzene rings is 2. The third kappa shape index (κ3) is 3.74. The van der Waals surface area contributed by atoms with E-state index >= 15 is 0 Å². The Morgan fingerprint density at radius 2 is 1.41 bits per heavy atom. The number of hydrazine groups is 1. The minimum Gasteiger partial charge on any atom is -0.292 e. The van der Waals surface area contributed by atoms with Crippen LogP contribution in [0.25, 0.3) is 0 Å². The van der Waals surface area contributed by atoms with Crippen molar-refractivity contribution in [2.75, 3.05) is 6.54 Å². The highest BCUT2D eigenvalue weighted by Crippen LogP contribution is 2.60. The van der Waals surface area contributed by atoms with Crippen LogP contribution in [0.5, 0.6) is 0 Å². The van der Waals surface area contributed by atoms with E-state index in [4.69, 9.17) is 11.6 Å². The number of ketones is 1. The number of aryl methyl sites for hydroxylation is 1. The lowest BCUT2D eigenvalue weighted by Crippen LogP contribution is -2.52. The molecule has 34 heavy (non-hydrogen) atoms. The maximum Gasteiger partial charge on any atom is 0.273 e. The summed E-state index contributed by atoms with van der Waals surface area (Å²) in [5, 5.41) is 2.40. The van der Waals surface area contributed by atoms with E-state index in [2.05, 4.69) is 31.9 Å². The number of hydrogen-bond donors (Lipinski definition) is 0. The molecule has 1 aliphatic heterocycles. The van der Waals surface area contributed by atoms with Crippen molar-refractivity contribution in [3.63, 3.8) is 0 Å². The van der Waals surface area contributed by atoms with E-state index in [1.807, 2.05) is 6.92 Å². The van der Waals surface area contributed by atoms with Gasteiger partial charge in [-0.15, -0.1) is 0 Å². The first kappa shape index (κ1) is 23.7. The van der Waals surface area contributed by atoms with Crippen LogP contribution in [0.15, 0.2) is 48.5 Å². The molecule has 0 aromatic heterocycles. The summed E-state index contributed by atoms with van der Waals surface area (Å²) in [6.45, 7) is 1.49. The van der Waals surface area contributed by atoms with Crippen molar-refractivity contribution in [2.45, 2.75) is 23.0 Å². The maximum atomic E-state index is 13.6. The number of halogens is 3. The lowest BCUT2D eigenvalue weighted by molar-refractivity contribution is -0.154. The van der Waals surface area contributed by atoms with E-state index in [1.54, 1.807) is 36.4 Å². The number of carbonyl (C=O) groups excluding carboxylic acids is 4. The number of imide groups is 1. The molecule has 9 heteroatoms.